The maximum Gasteiger partial charge on any atom is 0.281 e. The van der Waals surface area contributed by atoms with Crippen LogP contribution in [0.25, 0.3) is 0 Å². The summed E-state index contributed by atoms with van der Waals surface area (Å²) in [4.78, 5) is 34.0. The van der Waals surface area contributed by atoms with Crippen LogP contribution >= 0.6 is 11.6 Å². The van der Waals surface area contributed by atoms with Crippen molar-refractivity contribution in [3.05, 3.63) is 74.8 Å². The van der Waals surface area contributed by atoms with Gasteiger partial charge < -0.3 is 4.79 Å². The molecule has 0 saturated heterocycles. The Labute approximate surface area is 125 Å². The normalized spacial score (nSPS) is 11.7. The number of carbonyl (C=O) groups excluding carboxylic acids is 2. The monoisotopic (exact) mass is 303 g/mol. The van der Waals surface area contributed by atoms with E-state index in [1.807, 2.05) is 0 Å². The maximum atomic E-state index is 12.4. The van der Waals surface area contributed by atoms with Crippen molar-refractivity contribution in [1.29, 1.82) is 0 Å². The van der Waals surface area contributed by atoms with Crippen LogP contribution in [0, 0.1) is 10.1 Å². The van der Waals surface area contributed by atoms with Gasteiger partial charge in [-0.25, -0.2) is 0 Å². The summed E-state index contributed by atoms with van der Waals surface area (Å²) in [5, 5.41) is 11.2. The van der Waals surface area contributed by atoms with Crippen molar-refractivity contribution in [1.82, 2.24) is 0 Å². The first kappa shape index (κ1) is 14.9. The summed E-state index contributed by atoms with van der Waals surface area (Å²) in [7, 11) is 0. The van der Waals surface area contributed by atoms with Crippen molar-refractivity contribution in [2.75, 3.05) is 0 Å². The van der Waals surface area contributed by atoms with Crippen LogP contribution in [0.3, 0.4) is 0 Å². The van der Waals surface area contributed by atoms with Crippen LogP contribution in [-0.2, 0) is 4.79 Å². The molecule has 1 unspecified atom stereocenters. The van der Waals surface area contributed by atoms with Crippen molar-refractivity contribution in [2.24, 2.45) is 0 Å². The van der Waals surface area contributed by atoms with Crippen LogP contribution in [0.4, 0.5) is 5.69 Å². The third kappa shape index (κ3) is 3.14. The molecule has 0 amide bonds. The molecular weight excluding hydrogens is 294 g/mol. The molecular formula is C15H10ClNO4. The fraction of sp³-hybridized carbons (Fsp3) is 0.0667. The lowest BCUT2D eigenvalue weighted by Crippen LogP contribution is -2.15. The summed E-state index contributed by atoms with van der Waals surface area (Å²) in [6.07, 6.45) is 0.482. The van der Waals surface area contributed by atoms with Crippen LogP contribution in [0.15, 0.2) is 48.5 Å². The zero-order valence-corrected chi connectivity index (χ0v) is 11.5. The highest BCUT2D eigenvalue weighted by atomic mass is 35.5. The van der Waals surface area contributed by atoms with Gasteiger partial charge in [0.2, 0.25) is 0 Å². The molecule has 2 aromatic carbocycles. The fourth-order valence-corrected chi connectivity index (χ4v) is 2.15. The van der Waals surface area contributed by atoms with Gasteiger partial charge in [0.05, 0.1) is 10.5 Å². The topological polar surface area (TPSA) is 77.3 Å². The van der Waals surface area contributed by atoms with Gasteiger partial charge in [0.15, 0.2) is 5.78 Å². The minimum Gasteiger partial charge on any atom is -0.302 e. The minimum atomic E-state index is -1.08. The summed E-state index contributed by atoms with van der Waals surface area (Å²) in [6.45, 7) is 0. The number of benzene rings is 2. The maximum absolute atomic E-state index is 12.4. The number of halogens is 1. The second-order valence-corrected chi connectivity index (χ2v) is 4.74. The molecule has 0 saturated carbocycles. The molecule has 0 aliphatic carbocycles. The molecule has 0 radical (unpaired) electrons. The van der Waals surface area contributed by atoms with Gasteiger partial charge in [0, 0.05) is 11.1 Å². The smallest absolute Gasteiger partial charge is 0.281 e. The molecule has 21 heavy (non-hydrogen) atoms. The van der Waals surface area contributed by atoms with Gasteiger partial charge in [-0.1, -0.05) is 41.9 Å². The van der Waals surface area contributed by atoms with E-state index >= 15 is 0 Å². The number of carbonyl (C=O) groups is 2. The fourth-order valence-electron chi connectivity index (χ4n) is 1.98. The molecule has 6 heteroatoms. The van der Waals surface area contributed by atoms with Crippen LogP contribution in [0.1, 0.15) is 21.8 Å². The first-order valence-electron chi connectivity index (χ1n) is 6.03. The highest BCUT2D eigenvalue weighted by molar-refractivity contribution is 6.31. The van der Waals surface area contributed by atoms with E-state index in [2.05, 4.69) is 0 Å². The second-order valence-electron chi connectivity index (χ2n) is 4.31. The van der Waals surface area contributed by atoms with Crippen molar-refractivity contribution in [3.8, 4) is 0 Å². The number of nitrogens with zero attached hydrogens (tertiary/aromatic N) is 1. The third-order valence-corrected chi connectivity index (χ3v) is 3.23. The van der Waals surface area contributed by atoms with Crippen LogP contribution < -0.4 is 0 Å². The summed E-state index contributed by atoms with van der Waals surface area (Å²) in [5.41, 5.74) is -0.0533. The van der Waals surface area contributed by atoms with Crippen LogP contribution in [0.5, 0.6) is 0 Å². The Hall–Kier alpha value is -2.53. The lowest BCUT2D eigenvalue weighted by atomic mass is 9.91. The molecule has 106 valence electrons. The highest BCUT2D eigenvalue weighted by Crippen LogP contribution is 2.28. The van der Waals surface area contributed by atoms with Gasteiger partial charge in [-0.2, -0.15) is 0 Å². The lowest BCUT2D eigenvalue weighted by Gasteiger charge is -2.10. The van der Waals surface area contributed by atoms with E-state index in [0.717, 1.165) is 6.07 Å². The number of ketones is 1. The zero-order valence-electron chi connectivity index (χ0n) is 10.7. The molecule has 0 fully saturated rings. The predicted octanol–water partition coefficient (Wildman–Crippen LogP) is 3.41. The van der Waals surface area contributed by atoms with E-state index < -0.39 is 22.3 Å². The van der Waals surface area contributed by atoms with Crippen molar-refractivity contribution >= 4 is 29.4 Å². The first-order valence-corrected chi connectivity index (χ1v) is 6.40. The quantitative estimate of drug-likeness (QED) is 0.279. The average molecular weight is 304 g/mol. The van der Waals surface area contributed by atoms with Crippen LogP contribution in [0.2, 0.25) is 5.02 Å². The van der Waals surface area contributed by atoms with Gasteiger partial charge in [-0.15, -0.1) is 0 Å². The van der Waals surface area contributed by atoms with Crippen molar-refractivity contribution in [2.45, 2.75) is 5.92 Å². The van der Waals surface area contributed by atoms with Gasteiger partial charge in [0.1, 0.15) is 12.2 Å². The Morgan fingerprint density at radius 1 is 1.19 bits per heavy atom. The van der Waals surface area contributed by atoms with E-state index in [1.165, 1.54) is 12.1 Å². The number of nitro groups is 1. The molecule has 2 aromatic rings. The average Bonchev–Trinajstić information content (AvgIpc) is 2.48. The van der Waals surface area contributed by atoms with Crippen LogP contribution in [-0.4, -0.2) is 17.0 Å². The van der Waals surface area contributed by atoms with Gasteiger partial charge in [-0.05, 0) is 17.7 Å². The Balaban J connectivity index is 2.48. The van der Waals surface area contributed by atoms with Crippen molar-refractivity contribution < 1.29 is 14.5 Å². The third-order valence-electron chi connectivity index (χ3n) is 3.00. The molecule has 0 bridgehead atoms. The Morgan fingerprint density at radius 3 is 2.43 bits per heavy atom. The van der Waals surface area contributed by atoms with E-state index in [9.17, 15) is 19.7 Å². The number of hydrogen-bond donors (Lipinski definition) is 0. The summed E-state index contributed by atoms with van der Waals surface area (Å²) >= 11 is 5.71. The minimum absolute atomic E-state index is 0.134. The van der Waals surface area contributed by atoms with Gasteiger partial charge in [0.25, 0.3) is 5.69 Å². The summed E-state index contributed by atoms with van der Waals surface area (Å²) < 4.78 is 0. The molecule has 0 spiro atoms. The SMILES string of the molecule is O=CC(C(=O)c1ccc(Cl)cc1[N+](=O)[O-])c1ccccc1. The Kier molecular flexibility index (Phi) is 4.45. The van der Waals surface area contributed by atoms with E-state index in [1.54, 1.807) is 30.3 Å². The second kappa shape index (κ2) is 6.28. The number of aldehydes is 1. The van der Waals surface area contributed by atoms with Gasteiger partial charge in [-0.3, -0.25) is 14.9 Å². The number of hydrogen-bond acceptors (Lipinski definition) is 4. The summed E-state index contributed by atoms with van der Waals surface area (Å²) in [5.74, 6) is -1.70. The number of nitro benzene ring substituents is 1. The van der Waals surface area contributed by atoms with Crippen molar-refractivity contribution in [3.63, 3.8) is 0 Å². The largest absolute Gasteiger partial charge is 0.302 e. The van der Waals surface area contributed by atoms with Gasteiger partial charge >= 0.3 is 0 Å². The van der Waals surface area contributed by atoms with E-state index in [0.29, 0.717) is 11.8 Å². The molecule has 0 aliphatic heterocycles. The molecule has 5 nitrogen and oxygen atoms in total. The molecule has 0 aromatic heterocycles. The standard InChI is InChI=1S/C15H10ClNO4/c16-11-6-7-12(14(8-11)17(20)21)15(19)13(9-18)10-4-2-1-3-5-10/h1-9,13H. The molecule has 0 aliphatic rings. The molecule has 2 rings (SSSR count). The number of rotatable bonds is 5. The Morgan fingerprint density at radius 2 is 1.86 bits per heavy atom. The van der Waals surface area contributed by atoms with E-state index in [4.69, 9.17) is 11.6 Å². The predicted molar refractivity (Wildman–Crippen MR) is 77.7 cm³/mol. The summed E-state index contributed by atoms with van der Waals surface area (Å²) in [6, 6.07) is 12.1. The Bertz CT molecular complexity index is 700. The molecule has 0 heterocycles. The molecule has 1 atom stereocenters. The molecule has 0 N–H and O–H groups in total. The lowest BCUT2D eigenvalue weighted by molar-refractivity contribution is -0.385. The first-order chi connectivity index (χ1) is 10.0. The van der Waals surface area contributed by atoms with E-state index in [-0.39, 0.29) is 10.6 Å². The highest BCUT2D eigenvalue weighted by Gasteiger charge is 2.28. The number of Topliss-reactive ketones (excluding diaryl/α,β-unsaturated/α-hetero) is 1. The zero-order chi connectivity index (χ0) is 15.4.